The average Bonchev–Trinajstić information content (AvgIpc) is 2.75. The number of rotatable bonds is 2. The largest absolute Gasteiger partial charge is 0.326 e. The minimum Gasteiger partial charge on any atom is -0.305 e. The van der Waals surface area contributed by atoms with E-state index < -0.39 is 5.82 Å². The van der Waals surface area contributed by atoms with Gasteiger partial charge in [-0.2, -0.15) is 0 Å². The molecule has 2 aromatic rings. The predicted molar refractivity (Wildman–Crippen MR) is 82.5 cm³/mol. The highest BCUT2D eigenvalue weighted by Crippen LogP contribution is 2.28. The van der Waals surface area contributed by atoms with Gasteiger partial charge in [-0.3, -0.25) is 4.57 Å². The van der Waals surface area contributed by atoms with Crippen molar-refractivity contribution in [2.75, 3.05) is 13.1 Å². The lowest BCUT2D eigenvalue weighted by molar-refractivity contribution is 0.152. The summed E-state index contributed by atoms with van der Waals surface area (Å²) < 4.78 is 15.4. The third kappa shape index (κ3) is 2.60. The van der Waals surface area contributed by atoms with Gasteiger partial charge in [0.15, 0.2) is 0 Å². The van der Waals surface area contributed by atoms with Crippen molar-refractivity contribution in [1.29, 1.82) is 0 Å². The van der Waals surface area contributed by atoms with Crippen LogP contribution in [0.5, 0.6) is 0 Å². The third-order valence-electron chi connectivity index (χ3n) is 4.35. The Morgan fingerprint density at radius 1 is 1.33 bits per heavy atom. The van der Waals surface area contributed by atoms with Gasteiger partial charge in [0.2, 0.25) is 0 Å². The van der Waals surface area contributed by atoms with Crippen molar-refractivity contribution in [1.82, 2.24) is 14.5 Å². The number of nitrogens with zero attached hydrogens (tertiary/aromatic N) is 2. The van der Waals surface area contributed by atoms with E-state index in [0.29, 0.717) is 17.1 Å². The lowest BCUT2D eigenvalue weighted by Crippen LogP contribution is -2.40. The van der Waals surface area contributed by atoms with E-state index >= 15 is 0 Å². The molecule has 2 heterocycles. The Morgan fingerprint density at radius 3 is 2.62 bits per heavy atom. The minimum absolute atomic E-state index is 0.0329. The standard InChI is InChI=1S/C15H19ClFN3O/c1-9(2)19-5-3-10(4-6-19)20-14-8-12(17)11(16)7-13(14)18-15(20)21/h7-10H,3-6H2,1-2H3,(H,18,21). The van der Waals surface area contributed by atoms with Crippen molar-refractivity contribution in [2.45, 2.75) is 38.8 Å². The fourth-order valence-electron chi connectivity index (χ4n) is 3.14. The number of halogens is 2. The Bertz CT molecular complexity index is 714. The number of hydrogen-bond acceptors (Lipinski definition) is 2. The van der Waals surface area contributed by atoms with Gasteiger partial charge < -0.3 is 9.88 Å². The maximum atomic E-state index is 13.7. The number of aromatic nitrogens is 2. The van der Waals surface area contributed by atoms with Gasteiger partial charge in [-0.1, -0.05) is 11.6 Å². The van der Waals surface area contributed by atoms with Crippen LogP contribution in [0.4, 0.5) is 4.39 Å². The van der Waals surface area contributed by atoms with Crippen molar-refractivity contribution in [3.63, 3.8) is 0 Å². The highest BCUT2D eigenvalue weighted by atomic mass is 35.5. The summed E-state index contributed by atoms with van der Waals surface area (Å²) in [6, 6.07) is 3.46. The molecule has 0 aliphatic carbocycles. The van der Waals surface area contributed by atoms with E-state index in [-0.39, 0.29) is 16.8 Å². The molecule has 1 aromatic heterocycles. The van der Waals surface area contributed by atoms with Gasteiger partial charge in [0.05, 0.1) is 16.1 Å². The molecule has 0 radical (unpaired) electrons. The van der Waals surface area contributed by atoms with Crippen LogP contribution in [0.15, 0.2) is 16.9 Å². The zero-order valence-corrected chi connectivity index (χ0v) is 13.0. The zero-order valence-electron chi connectivity index (χ0n) is 12.2. The van der Waals surface area contributed by atoms with Gasteiger partial charge in [0.25, 0.3) is 0 Å². The molecule has 1 fully saturated rings. The number of hydrogen-bond donors (Lipinski definition) is 1. The first-order chi connectivity index (χ1) is 9.97. The van der Waals surface area contributed by atoms with Gasteiger partial charge in [-0.25, -0.2) is 9.18 Å². The second-order valence-corrected chi connectivity index (χ2v) is 6.35. The normalized spacial score (nSPS) is 18.0. The van der Waals surface area contributed by atoms with Gasteiger partial charge in [-0.15, -0.1) is 0 Å². The zero-order chi connectivity index (χ0) is 15.1. The molecular weight excluding hydrogens is 293 g/mol. The number of nitrogens with one attached hydrogen (secondary N) is 1. The number of benzene rings is 1. The summed E-state index contributed by atoms with van der Waals surface area (Å²) in [5, 5.41) is 0.0329. The highest BCUT2D eigenvalue weighted by molar-refractivity contribution is 6.31. The third-order valence-corrected chi connectivity index (χ3v) is 4.64. The minimum atomic E-state index is -0.489. The molecule has 1 aromatic carbocycles. The van der Waals surface area contributed by atoms with E-state index in [1.165, 1.54) is 12.1 Å². The van der Waals surface area contributed by atoms with Crippen molar-refractivity contribution < 1.29 is 4.39 Å². The second kappa shape index (κ2) is 5.46. The molecule has 3 rings (SSSR count). The second-order valence-electron chi connectivity index (χ2n) is 5.94. The molecule has 0 unspecified atom stereocenters. The van der Waals surface area contributed by atoms with Crippen LogP contribution < -0.4 is 5.69 Å². The first-order valence-electron chi connectivity index (χ1n) is 7.30. The Hall–Kier alpha value is -1.33. The summed E-state index contributed by atoms with van der Waals surface area (Å²) in [4.78, 5) is 17.4. The molecule has 0 saturated carbocycles. The van der Waals surface area contributed by atoms with Crippen LogP contribution in [0.25, 0.3) is 11.0 Å². The van der Waals surface area contributed by atoms with Crippen LogP contribution in [-0.2, 0) is 0 Å². The van der Waals surface area contributed by atoms with Gasteiger partial charge in [-0.05, 0) is 32.8 Å². The van der Waals surface area contributed by atoms with E-state index in [4.69, 9.17) is 11.6 Å². The fourth-order valence-corrected chi connectivity index (χ4v) is 3.31. The molecular formula is C15H19ClFN3O. The highest BCUT2D eigenvalue weighted by Gasteiger charge is 2.25. The molecule has 0 atom stereocenters. The van der Waals surface area contributed by atoms with Crippen molar-refractivity contribution in [3.8, 4) is 0 Å². The van der Waals surface area contributed by atoms with Gasteiger partial charge in [0, 0.05) is 31.2 Å². The Morgan fingerprint density at radius 2 is 2.00 bits per heavy atom. The summed E-state index contributed by atoms with van der Waals surface area (Å²) in [5.41, 5.74) is 1.01. The average molecular weight is 312 g/mol. The van der Waals surface area contributed by atoms with Crippen LogP contribution in [0.3, 0.4) is 0 Å². The molecule has 21 heavy (non-hydrogen) atoms. The number of H-pyrrole nitrogens is 1. The Labute approximate surface area is 127 Å². The van der Waals surface area contributed by atoms with E-state index in [0.717, 1.165) is 25.9 Å². The summed E-state index contributed by atoms with van der Waals surface area (Å²) in [5.74, 6) is -0.489. The quantitative estimate of drug-likeness (QED) is 0.925. The van der Waals surface area contributed by atoms with E-state index in [9.17, 15) is 9.18 Å². The Kier molecular flexibility index (Phi) is 3.80. The lowest BCUT2D eigenvalue weighted by atomic mass is 10.0. The topological polar surface area (TPSA) is 41.0 Å². The van der Waals surface area contributed by atoms with Crippen LogP contribution in [0.1, 0.15) is 32.7 Å². The van der Waals surface area contributed by atoms with Crippen LogP contribution in [0, 0.1) is 5.82 Å². The van der Waals surface area contributed by atoms with Crippen LogP contribution in [-0.4, -0.2) is 33.6 Å². The molecule has 0 spiro atoms. The van der Waals surface area contributed by atoms with E-state index in [1.807, 2.05) is 0 Å². The molecule has 1 aliphatic rings. The molecule has 114 valence electrons. The lowest BCUT2D eigenvalue weighted by Gasteiger charge is -2.35. The molecule has 1 N–H and O–H groups in total. The molecule has 6 heteroatoms. The van der Waals surface area contributed by atoms with Gasteiger partial charge in [0.1, 0.15) is 5.82 Å². The van der Waals surface area contributed by atoms with E-state index in [2.05, 4.69) is 23.7 Å². The molecule has 0 amide bonds. The molecule has 0 bridgehead atoms. The fraction of sp³-hybridized carbons (Fsp3) is 0.533. The Balaban J connectivity index is 1.96. The number of imidazole rings is 1. The van der Waals surface area contributed by atoms with Crippen molar-refractivity contribution in [2.24, 2.45) is 0 Å². The maximum Gasteiger partial charge on any atom is 0.326 e. The van der Waals surface area contributed by atoms with E-state index in [1.54, 1.807) is 4.57 Å². The first-order valence-corrected chi connectivity index (χ1v) is 7.68. The number of likely N-dealkylation sites (tertiary alicyclic amines) is 1. The van der Waals surface area contributed by atoms with Gasteiger partial charge >= 0.3 is 5.69 Å². The molecule has 1 saturated heterocycles. The number of fused-ring (bicyclic) bond motifs is 1. The number of piperidine rings is 1. The summed E-state index contributed by atoms with van der Waals surface area (Å²) >= 11 is 5.78. The van der Waals surface area contributed by atoms with Crippen molar-refractivity contribution in [3.05, 3.63) is 33.5 Å². The predicted octanol–water partition coefficient (Wildman–Crippen LogP) is 3.17. The summed E-state index contributed by atoms with van der Waals surface area (Å²) in [6.45, 7) is 6.26. The number of aromatic amines is 1. The van der Waals surface area contributed by atoms with Crippen LogP contribution in [0.2, 0.25) is 5.02 Å². The molecule has 4 nitrogen and oxygen atoms in total. The SMILES string of the molecule is CC(C)N1CCC(n2c(=O)[nH]c3cc(Cl)c(F)cc32)CC1. The summed E-state index contributed by atoms with van der Waals surface area (Å²) in [6.07, 6.45) is 1.80. The molecule has 1 aliphatic heterocycles. The maximum absolute atomic E-state index is 13.7. The summed E-state index contributed by atoms with van der Waals surface area (Å²) in [7, 11) is 0. The van der Waals surface area contributed by atoms with Crippen LogP contribution >= 0.6 is 11.6 Å². The monoisotopic (exact) mass is 311 g/mol. The first kappa shape index (κ1) is 14.6. The van der Waals surface area contributed by atoms with Crippen molar-refractivity contribution >= 4 is 22.6 Å². The smallest absolute Gasteiger partial charge is 0.305 e.